The van der Waals surface area contributed by atoms with Gasteiger partial charge in [-0.05, 0) is 25.1 Å². The Morgan fingerprint density at radius 2 is 2.07 bits per heavy atom. The minimum Gasteiger partial charge on any atom is -0.493 e. The molecule has 0 aromatic heterocycles. The zero-order chi connectivity index (χ0) is 11.5. The molecule has 2 nitrogen and oxygen atoms in total. The van der Waals surface area contributed by atoms with Crippen LogP contribution in [0, 0.1) is 11.3 Å². The molecule has 0 N–H and O–H groups in total. The van der Waals surface area contributed by atoms with Gasteiger partial charge in [-0.25, -0.2) is 0 Å². The fourth-order valence-corrected chi connectivity index (χ4v) is 1.10. The van der Waals surface area contributed by atoms with E-state index in [-0.39, 0.29) is 17.9 Å². The van der Waals surface area contributed by atoms with Crippen molar-refractivity contribution >= 4 is 0 Å². The van der Waals surface area contributed by atoms with Gasteiger partial charge in [0.15, 0.2) is 0 Å². The predicted octanol–water partition coefficient (Wildman–Crippen LogP) is 2.98. The first-order valence-electron chi connectivity index (χ1n) is 4.23. The van der Waals surface area contributed by atoms with E-state index in [1.54, 1.807) is 13.0 Å². The molecule has 1 aromatic carbocycles. The van der Waals surface area contributed by atoms with Crippen molar-refractivity contribution < 1.29 is 17.9 Å². The highest BCUT2D eigenvalue weighted by Gasteiger charge is 2.34. The average molecular weight is 215 g/mol. The molecule has 0 heterocycles. The van der Waals surface area contributed by atoms with Crippen LogP contribution in [0.1, 0.15) is 18.1 Å². The number of nitriles is 1. The van der Waals surface area contributed by atoms with Crippen LogP contribution in [0.3, 0.4) is 0 Å². The van der Waals surface area contributed by atoms with E-state index in [0.717, 1.165) is 12.1 Å². The van der Waals surface area contributed by atoms with Crippen LogP contribution in [0.4, 0.5) is 13.2 Å². The van der Waals surface area contributed by atoms with E-state index in [9.17, 15) is 13.2 Å². The monoisotopic (exact) mass is 215 g/mol. The van der Waals surface area contributed by atoms with Gasteiger partial charge in [-0.3, -0.25) is 0 Å². The average Bonchev–Trinajstić information content (AvgIpc) is 2.17. The Balaban J connectivity index is 3.24. The molecule has 80 valence electrons. The third-order valence-electron chi connectivity index (χ3n) is 1.71. The summed E-state index contributed by atoms with van der Waals surface area (Å²) in [5.74, 6) is -0.246. The van der Waals surface area contributed by atoms with Crippen molar-refractivity contribution in [3.8, 4) is 11.8 Å². The van der Waals surface area contributed by atoms with Gasteiger partial charge in [0.1, 0.15) is 5.75 Å². The zero-order valence-electron chi connectivity index (χ0n) is 7.93. The molecule has 0 atom stereocenters. The van der Waals surface area contributed by atoms with Crippen molar-refractivity contribution in [1.82, 2.24) is 0 Å². The number of nitrogens with zero attached hydrogens (tertiary/aromatic N) is 1. The Bertz CT molecular complexity index is 393. The Hall–Kier alpha value is -1.70. The number of hydrogen-bond acceptors (Lipinski definition) is 2. The van der Waals surface area contributed by atoms with E-state index in [1.807, 2.05) is 0 Å². The normalized spacial score (nSPS) is 10.9. The minimum absolute atomic E-state index is 0.0363. The van der Waals surface area contributed by atoms with E-state index in [2.05, 4.69) is 0 Å². The molecule has 1 aromatic rings. The van der Waals surface area contributed by atoms with Crippen molar-refractivity contribution in [1.29, 1.82) is 5.26 Å². The van der Waals surface area contributed by atoms with Crippen LogP contribution in [0.25, 0.3) is 0 Å². The molecule has 0 unspecified atom stereocenters. The second-order valence-corrected chi connectivity index (χ2v) is 2.75. The summed E-state index contributed by atoms with van der Waals surface area (Å²) >= 11 is 0. The SMILES string of the molecule is CCOc1ccc(C#N)cc1C(F)(F)F. The number of benzene rings is 1. The summed E-state index contributed by atoms with van der Waals surface area (Å²) in [6.07, 6.45) is -4.50. The molecule has 0 spiro atoms. The molecule has 1 rings (SSSR count). The van der Waals surface area contributed by atoms with Crippen LogP contribution in [0.2, 0.25) is 0 Å². The van der Waals surface area contributed by atoms with E-state index < -0.39 is 11.7 Å². The van der Waals surface area contributed by atoms with Crippen LogP contribution in [-0.2, 0) is 6.18 Å². The number of halogens is 3. The highest BCUT2D eigenvalue weighted by Crippen LogP contribution is 2.36. The van der Waals surface area contributed by atoms with E-state index >= 15 is 0 Å². The largest absolute Gasteiger partial charge is 0.493 e. The first kappa shape index (κ1) is 11.4. The molecule has 5 heteroatoms. The topological polar surface area (TPSA) is 33.0 Å². The minimum atomic E-state index is -4.50. The highest BCUT2D eigenvalue weighted by atomic mass is 19.4. The maximum atomic E-state index is 12.5. The molecule has 0 aliphatic heterocycles. The van der Waals surface area contributed by atoms with Gasteiger partial charge in [-0.1, -0.05) is 0 Å². The van der Waals surface area contributed by atoms with Crippen LogP contribution in [-0.4, -0.2) is 6.61 Å². The van der Waals surface area contributed by atoms with Crippen molar-refractivity contribution in [3.63, 3.8) is 0 Å². The maximum Gasteiger partial charge on any atom is 0.420 e. The number of hydrogen-bond donors (Lipinski definition) is 0. The zero-order valence-corrected chi connectivity index (χ0v) is 7.93. The summed E-state index contributed by atoms with van der Waals surface area (Å²) in [4.78, 5) is 0. The first-order chi connectivity index (χ1) is 6.99. The van der Waals surface area contributed by atoms with Crippen LogP contribution < -0.4 is 4.74 Å². The molecule has 0 radical (unpaired) electrons. The molecule has 0 fully saturated rings. The van der Waals surface area contributed by atoms with Crippen molar-refractivity contribution in [2.75, 3.05) is 6.61 Å². The highest BCUT2D eigenvalue weighted by molar-refractivity contribution is 5.43. The van der Waals surface area contributed by atoms with Crippen molar-refractivity contribution in [2.24, 2.45) is 0 Å². The number of rotatable bonds is 2. The quantitative estimate of drug-likeness (QED) is 0.759. The second kappa shape index (κ2) is 4.22. The Kier molecular flexibility index (Phi) is 3.20. The van der Waals surface area contributed by atoms with Gasteiger partial charge < -0.3 is 4.74 Å². The Morgan fingerprint density at radius 3 is 2.53 bits per heavy atom. The van der Waals surface area contributed by atoms with E-state index in [4.69, 9.17) is 10.00 Å². The van der Waals surface area contributed by atoms with Crippen LogP contribution >= 0.6 is 0 Å². The van der Waals surface area contributed by atoms with Gasteiger partial charge in [-0.2, -0.15) is 18.4 Å². The summed E-state index contributed by atoms with van der Waals surface area (Å²) in [7, 11) is 0. The molecule has 0 saturated heterocycles. The predicted molar refractivity (Wildman–Crippen MR) is 47.3 cm³/mol. The summed E-state index contributed by atoms with van der Waals surface area (Å²) in [5.41, 5.74) is -0.950. The van der Waals surface area contributed by atoms with E-state index in [1.165, 1.54) is 6.07 Å². The van der Waals surface area contributed by atoms with Gasteiger partial charge in [0, 0.05) is 0 Å². The lowest BCUT2D eigenvalue weighted by Gasteiger charge is -2.12. The lowest BCUT2D eigenvalue weighted by atomic mass is 10.1. The van der Waals surface area contributed by atoms with Gasteiger partial charge in [0.25, 0.3) is 0 Å². The van der Waals surface area contributed by atoms with Crippen molar-refractivity contribution in [2.45, 2.75) is 13.1 Å². The number of alkyl halides is 3. The molecular formula is C10H8F3NO. The third-order valence-corrected chi connectivity index (χ3v) is 1.71. The van der Waals surface area contributed by atoms with E-state index in [0.29, 0.717) is 0 Å². The lowest BCUT2D eigenvalue weighted by Crippen LogP contribution is -2.09. The maximum absolute atomic E-state index is 12.5. The third kappa shape index (κ3) is 2.62. The van der Waals surface area contributed by atoms with Crippen LogP contribution in [0.5, 0.6) is 5.75 Å². The van der Waals surface area contributed by atoms with Gasteiger partial charge in [-0.15, -0.1) is 0 Å². The second-order valence-electron chi connectivity index (χ2n) is 2.75. The van der Waals surface area contributed by atoms with Crippen molar-refractivity contribution in [3.05, 3.63) is 29.3 Å². The molecule has 0 aliphatic rings. The smallest absolute Gasteiger partial charge is 0.420 e. The van der Waals surface area contributed by atoms with Gasteiger partial charge >= 0.3 is 6.18 Å². The summed E-state index contributed by atoms with van der Waals surface area (Å²) in [6.45, 7) is 1.74. The molecule has 0 saturated carbocycles. The van der Waals surface area contributed by atoms with Crippen LogP contribution in [0.15, 0.2) is 18.2 Å². The molecule has 0 amide bonds. The summed E-state index contributed by atoms with van der Waals surface area (Å²) in [6, 6.07) is 4.89. The fourth-order valence-electron chi connectivity index (χ4n) is 1.10. The Morgan fingerprint density at radius 1 is 1.40 bits per heavy atom. The first-order valence-corrected chi connectivity index (χ1v) is 4.23. The lowest BCUT2D eigenvalue weighted by molar-refractivity contribution is -0.138. The molecule has 15 heavy (non-hydrogen) atoms. The Labute approximate surface area is 84.9 Å². The standard InChI is InChI=1S/C10H8F3NO/c1-2-15-9-4-3-7(6-14)5-8(9)10(11,12)13/h3-5H,2H2,1H3. The number of ether oxygens (including phenoxy) is 1. The molecule has 0 bridgehead atoms. The van der Waals surface area contributed by atoms with Gasteiger partial charge in [0.05, 0.1) is 23.8 Å². The van der Waals surface area contributed by atoms with Gasteiger partial charge in [0.2, 0.25) is 0 Å². The molecular weight excluding hydrogens is 207 g/mol. The summed E-state index contributed by atoms with van der Waals surface area (Å²) < 4.78 is 42.3. The molecule has 0 aliphatic carbocycles. The fraction of sp³-hybridized carbons (Fsp3) is 0.300. The summed E-state index contributed by atoms with van der Waals surface area (Å²) in [5, 5.41) is 8.49.